The number of para-hydroxylation sites is 2. The Morgan fingerprint density at radius 3 is 2.65 bits per heavy atom. The highest BCUT2D eigenvalue weighted by Crippen LogP contribution is 2.25. The fraction of sp³-hybridized carbons (Fsp3) is 0.0769. The first-order valence-electron chi connectivity index (χ1n) is 5.54. The van der Waals surface area contributed by atoms with Gasteiger partial charge in [0, 0.05) is 0 Å². The van der Waals surface area contributed by atoms with Gasteiger partial charge in [-0.05, 0) is 40.2 Å². The van der Waals surface area contributed by atoms with Crippen LogP contribution in [0.5, 0.6) is 5.75 Å². The molecule has 0 fully saturated rings. The molecular formula is C13H9BrF2N2O2. The van der Waals surface area contributed by atoms with E-state index in [4.69, 9.17) is 0 Å². The first-order valence-corrected chi connectivity index (χ1v) is 6.33. The van der Waals surface area contributed by atoms with E-state index in [1.807, 2.05) is 0 Å². The molecule has 0 unspecified atom stereocenters. The maximum atomic E-state index is 12.3. The third-order valence-electron chi connectivity index (χ3n) is 2.30. The van der Waals surface area contributed by atoms with Gasteiger partial charge in [0.15, 0.2) is 0 Å². The second-order valence-corrected chi connectivity index (χ2v) is 4.49. The van der Waals surface area contributed by atoms with Crippen molar-refractivity contribution in [2.75, 3.05) is 5.32 Å². The van der Waals surface area contributed by atoms with Crippen LogP contribution in [0.2, 0.25) is 0 Å². The van der Waals surface area contributed by atoms with Crippen LogP contribution in [0, 0.1) is 0 Å². The smallest absolute Gasteiger partial charge is 0.387 e. The van der Waals surface area contributed by atoms with Crippen molar-refractivity contribution in [3.05, 3.63) is 52.8 Å². The lowest BCUT2D eigenvalue weighted by Gasteiger charge is -2.11. The molecule has 0 spiro atoms. The highest BCUT2D eigenvalue weighted by atomic mass is 79.9. The maximum absolute atomic E-state index is 12.3. The molecule has 0 bridgehead atoms. The first-order chi connectivity index (χ1) is 9.56. The van der Waals surface area contributed by atoms with E-state index in [1.165, 1.54) is 24.3 Å². The number of nitrogens with one attached hydrogen (secondary N) is 1. The van der Waals surface area contributed by atoms with Crippen molar-refractivity contribution in [3.63, 3.8) is 0 Å². The van der Waals surface area contributed by atoms with Gasteiger partial charge in [-0.1, -0.05) is 18.2 Å². The molecule has 2 rings (SSSR count). The molecule has 0 saturated carbocycles. The number of ether oxygens (including phenoxy) is 1. The molecule has 1 heterocycles. The summed E-state index contributed by atoms with van der Waals surface area (Å²) >= 11 is 3.15. The molecule has 20 heavy (non-hydrogen) atoms. The summed E-state index contributed by atoms with van der Waals surface area (Å²) in [6.45, 7) is -2.96. The molecule has 4 nitrogen and oxygen atoms in total. The largest absolute Gasteiger partial charge is 0.433 e. The Kier molecular flexibility index (Phi) is 4.62. The summed E-state index contributed by atoms with van der Waals surface area (Å²) in [5.74, 6) is -0.623. The number of hydrogen-bond donors (Lipinski definition) is 1. The van der Waals surface area contributed by atoms with E-state index in [0.717, 1.165) is 0 Å². The molecule has 104 valence electrons. The average molecular weight is 343 g/mol. The molecule has 1 N–H and O–H groups in total. The molecule has 1 aromatic carbocycles. The van der Waals surface area contributed by atoms with Crippen LogP contribution >= 0.6 is 15.9 Å². The number of nitrogens with zero attached hydrogens (tertiary/aromatic N) is 1. The Bertz CT molecular complexity index is 623. The summed E-state index contributed by atoms with van der Waals surface area (Å²) < 4.78 is 29.4. The number of carbonyl (C=O) groups is 1. The minimum atomic E-state index is -2.96. The van der Waals surface area contributed by atoms with Crippen LogP contribution in [0.25, 0.3) is 0 Å². The highest BCUT2D eigenvalue weighted by molar-refractivity contribution is 9.10. The zero-order chi connectivity index (χ0) is 14.5. The second kappa shape index (κ2) is 6.42. The number of pyridine rings is 1. The van der Waals surface area contributed by atoms with Crippen LogP contribution in [-0.2, 0) is 0 Å². The molecule has 0 atom stereocenters. The van der Waals surface area contributed by atoms with Gasteiger partial charge in [-0.3, -0.25) is 4.79 Å². The third-order valence-corrected chi connectivity index (χ3v) is 2.74. The number of halogens is 3. The fourth-order valence-corrected chi connectivity index (χ4v) is 1.83. The summed E-state index contributed by atoms with van der Waals surface area (Å²) in [6.07, 6.45) is 0. The Labute approximate surface area is 121 Å². The van der Waals surface area contributed by atoms with E-state index < -0.39 is 12.5 Å². The van der Waals surface area contributed by atoms with Crippen molar-refractivity contribution >= 4 is 27.5 Å². The summed E-state index contributed by atoms with van der Waals surface area (Å²) in [7, 11) is 0. The zero-order valence-electron chi connectivity index (χ0n) is 10.0. The number of hydrogen-bond acceptors (Lipinski definition) is 3. The lowest BCUT2D eigenvalue weighted by Crippen LogP contribution is -2.15. The van der Waals surface area contributed by atoms with Crippen molar-refractivity contribution < 1.29 is 18.3 Å². The normalized spacial score (nSPS) is 10.4. The summed E-state index contributed by atoms with van der Waals surface area (Å²) in [4.78, 5) is 15.9. The van der Waals surface area contributed by atoms with Gasteiger partial charge >= 0.3 is 6.61 Å². The van der Waals surface area contributed by atoms with E-state index in [-0.39, 0.29) is 17.1 Å². The lowest BCUT2D eigenvalue weighted by molar-refractivity contribution is -0.0493. The third kappa shape index (κ3) is 3.74. The van der Waals surface area contributed by atoms with Crippen LogP contribution in [-0.4, -0.2) is 17.5 Å². The molecule has 1 amide bonds. The number of anilines is 1. The fourth-order valence-electron chi connectivity index (χ4n) is 1.49. The van der Waals surface area contributed by atoms with Crippen LogP contribution in [0.3, 0.4) is 0 Å². The van der Waals surface area contributed by atoms with Gasteiger partial charge in [0.25, 0.3) is 5.91 Å². The van der Waals surface area contributed by atoms with Gasteiger partial charge in [-0.15, -0.1) is 0 Å². The first kappa shape index (κ1) is 14.4. The summed E-state index contributed by atoms with van der Waals surface area (Å²) in [5, 5.41) is 2.48. The molecular weight excluding hydrogens is 334 g/mol. The van der Waals surface area contributed by atoms with Crippen LogP contribution in [0.4, 0.5) is 14.5 Å². The molecule has 7 heteroatoms. The molecule has 0 radical (unpaired) electrons. The van der Waals surface area contributed by atoms with Crippen molar-refractivity contribution in [2.45, 2.75) is 6.61 Å². The summed E-state index contributed by atoms with van der Waals surface area (Å²) in [6, 6.07) is 10.8. The minimum Gasteiger partial charge on any atom is -0.433 e. The van der Waals surface area contributed by atoms with Gasteiger partial charge in [0.1, 0.15) is 16.0 Å². The van der Waals surface area contributed by atoms with Crippen molar-refractivity contribution in [2.24, 2.45) is 0 Å². The number of alkyl halides is 2. The average Bonchev–Trinajstić information content (AvgIpc) is 2.40. The van der Waals surface area contributed by atoms with Gasteiger partial charge in [0.2, 0.25) is 0 Å². The molecule has 0 aliphatic heterocycles. The molecule has 0 saturated heterocycles. The van der Waals surface area contributed by atoms with E-state index in [0.29, 0.717) is 4.60 Å². The predicted molar refractivity (Wildman–Crippen MR) is 73.0 cm³/mol. The molecule has 0 aliphatic carbocycles. The number of rotatable bonds is 4. The minimum absolute atomic E-state index is 0.106. The molecule has 0 aliphatic rings. The van der Waals surface area contributed by atoms with E-state index in [1.54, 1.807) is 18.2 Å². The SMILES string of the molecule is O=C(Nc1ccccc1OC(F)F)c1cccc(Br)n1. The van der Waals surface area contributed by atoms with Gasteiger partial charge < -0.3 is 10.1 Å². The van der Waals surface area contributed by atoms with Crippen molar-refractivity contribution in [3.8, 4) is 5.75 Å². The number of aromatic nitrogens is 1. The van der Waals surface area contributed by atoms with Crippen LogP contribution < -0.4 is 10.1 Å². The Hall–Kier alpha value is -2.02. The Morgan fingerprint density at radius 1 is 1.20 bits per heavy atom. The van der Waals surface area contributed by atoms with E-state index in [2.05, 4.69) is 31.0 Å². The van der Waals surface area contributed by atoms with Gasteiger partial charge in [0.05, 0.1) is 5.69 Å². The monoisotopic (exact) mass is 342 g/mol. The second-order valence-electron chi connectivity index (χ2n) is 3.67. The number of benzene rings is 1. The van der Waals surface area contributed by atoms with Gasteiger partial charge in [-0.2, -0.15) is 8.78 Å². The standard InChI is InChI=1S/C13H9BrF2N2O2/c14-11-7-3-5-9(17-11)12(19)18-8-4-1-2-6-10(8)20-13(15)16/h1-7,13H,(H,18,19). The highest BCUT2D eigenvalue weighted by Gasteiger charge is 2.13. The molecule has 2 aromatic rings. The van der Waals surface area contributed by atoms with E-state index >= 15 is 0 Å². The van der Waals surface area contributed by atoms with Crippen LogP contribution in [0.1, 0.15) is 10.5 Å². The van der Waals surface area contributed by atoms with Crippen molar-refractivity contribution in [1.29, 1.82) is 0 Å². The molecule has 1 aromatic heterocycles. The maximum Gasteiger partial charge on any atom is 0.387 e. The van der Waals surface area contributed by atoms with Crippen molar-refractivity contribution in [1.82, 2.24) is 4.98 Å². The van der Waals surface area contributed by atoms with Crippen LogP contribution in [0.15, 0.2) is 47.1 Å². The lowest BCUT2D eigenvalue weighted by atomic mass is 10.2. The van der Waals surface area contributed by atoms with E-state index in [9.17, 15) is 13.6 Å². The topological polar surface area (TPSA) is 51.2 Å². The Balaban J connectivity index is 2.19. The summed E-state index contributed by atoms with van der Waals surface area (Å²) in [5.41, 5.74) is 0.311. The number of amides is 1. The zero-order valence-corrected chi connectivity index (χ0v) is 11.6. The van der Waals surface area contributed by atoms with Gasteiger partial charge in [-0.25, -0.2) is 4.98 Å². The quantitative estimate of drug-likeness (QED) is 0.862. The number of carbonyl (C=O) groups excluding carboxylic acids is 1. The predicted octanol–water partition coefficient (Wildman–Crippen LogP) is 3.70. The Morgan fingerprint density at radius 2 is 1.95 bits per heavy atom.